The predicted molar refractivity (Wildman–Crippen MR) is 76.9 cm³/mol. The molecule has 0 aliphatic rings. The van der Waals surface area contributed by atoms with Crippen molar-refractivity contribution in [1.29, 1.82) is 0 Å². The number of nitrogens with zero attached hydrogens (tertiary/aromatic N) is 2. The molecule has 0 bridgehead atoms. The van der Waals surface area contributed by atoms with Gasteiger partial charge >= 0.3 is 0 Å². The quantitative estimate of drug-likeness (QED) is 0.688. The van der Waals surface area contributed by atoms with Gasteiger partial charge in [0.05, 0.1) is 11.9 Å². The second-order valence-electron chi connectivity index (χ2n) is 3.59. The van der Waals surface area contributed by atoms with Crippen LogP contribution in [0.2, 0.25) is 0 Å². The van der Waals surface area contributed by atoms with Gasteiger partial charge in [-0.25, -0.2) is 4.98 Å². The Morgan fingerprint density at radius 1 is 1.41 bits per heavy atom. The normalized spacial score (nSPS) is 11.0. The van der Waals surface area contributed by atoms with Crippen LogP contribution in [0.1, 0.15) is 16.1 Å². The van der Waals surface area contributed by atoms with Gasteiger partial charge in [-0.1, -0.05) is 28.1 Å². The number of thiazole rings is 1. The van der Waals surface area contributed by atoms with Gasteiger partial charge in [0.2, 0.25) is 5.13 Å². The van der Waals surface area contributed by atoms with Crippen LogP contribution in [0.4, 0.5) is 5.13 Å². The molecule has 0 aliphatic heterocycles. The SMILES string of the molecule is Cc1nc(N/N=C\c2cccc(Br)c2)sc1C. The monoisotopic (exact) mass is 309 g/mol. The first-order valence-electron chi connectivity index (χ1n) is 5.14. The number of hydrazone groups is 1. The molecule has 0 spiro atoms. The van der Waals surface area contributed by atoms with Gasteiger partial charge in [0.1, 0.15) is 0 Å². The van der Waals surface area contributed by atoms with E-state index >= 15 is 0 Å². The van der Waals surface area contributed by atoms with E-state index in [4.69, 9.17) is 0 Å². The van der Waals surface area contributed by atoms with Crippen molar-refractivity contribution in [2.24, 2.45) is 5.10 Å². The minimum absolute atomic E-state index is 0.825. The lowest BCUT2D eigenvalue weighted by Crippen LogP contribution is -1.89. The van der Waals surface area contributed by atoms with E-state index in [-0.39, 0.29) is 0 Å². The van der Waals surface area contributed by atoms with Crippen LogP contribution in [0, 0.1) is 13.8 Å². The summed E-state index contributed by atoms with van der Waals surface area (Å²) in [5.41, 5.74) is 5.03. The van der Waals surface area contributed by atoms with Crippen molar-refractivity contribution in [3.63, 3.8) is 0 Å². The molecule has 0 aliphatic carbocycles. The Hall–Kier alpha value is -1.20. The second kappa shape index (κ2) is 5.42. The molecule has 17 heavy (non-hydrogen) atoms. The Morgan fingerprint density at radius 3 is 2.88 bits per heavy atom. The van der Waals surface area contributed by atoms with Gasteiger partial charge in [-0.05, 0) is 31.5 Å². The Kier molecular flexibility index (Phi) is 3.91. The van der Waals surface area contributed by atoms with E-state index in [1.807, 2.05) is 31.2 Å². The number of benzene rings is 1. The van der Waals surface area contributed by atoms with Crippen LogP contribution in [-0.2, 0) is 0 Å². The number of aromatic nitrogens is 1. The molecule has 0 atom stereocenters. The highest BCUT2D eigenvalue weighted by molar-refractivity contribution is 9.10. The average molecular weight is 310 g/mol. The third-order valence-electron chi connectivity index (χ3n) is 2.25. The number of hydrogen-bond acceptors (Lipinski definition) is 4. The number of nitrogens with one attached hydrogen (secondary N) is 1. The molecule has 2 aromatic rings. The molecule has 1 heterocycles. The van der Waals surface area contributed by atoms with E-state index in [2.05, 4.69) is 38.4 Å². The smallest absolute Gasteiger partial charge is 0.203 e. The van der Waals surface area contributed by atoms with E-state index < -0.39 is 0 Å². The largest absolute Gasteiger partial charge is 0.253 e. The van der Waals surface area contributed by atoms with Crippen molar-refractivity contribution < 1.29 is 0 Å². The molecule has 0 saturated heterocycles. The zero-order chi connectivity index (χ0) is 12.3. The summed E-state index contributed by atoms with van der Waals surface area (Å²) in [5, 5.41) is 4.98. The highest BCUT2D eigenvalue weighted by Gasteiger charge is 2.00. The fourth-order valence-electron chi connectivity index (χ4n) is 1.27. The second-order valence-corrected chi connectivity index (χ2v) is 5.70. The van der Waals surface area contributed by atoms with Gasteiger partial charge in [-0.3, -0.25) is 5.43 Å². The van der Waals surface area contributed by atoms with Gasteiger partial charge in [-0.15, -0.1) is 11.3 Å². The Balaban J connectivity index is 2.02. The summed E-state index contributed by atoms with van der Waals surface area (Å²) in [6.45, 7) is 4.05. The molecule has 3 nitrogen and oxygen atoms in total. The minimum atomic E-state index is 0.825. The summed E-state index contributed by atoms with van der Waals surface area (Å²) in [4.78, 5) is 5.56. The molecular formula is C12H12BrN3S. The summed E-state index contributed by atoms with van der Waals surface area (Å²) in [7, 11) is 0. The Bertz CT molecular complexity index is 529. The van der Waals surface area contributed by atoms with Crippen molar-refractivity contribution in [2.45, 2.75) is 13.8 Å². The molecule has 1 aromatic carbocycles. The number of anilines is 1. The van der Waals surface area contributed by atoms with Crippen LogP contribution in [-0.4, -0.2) is 11.2 Å². The summed E-state index contributed by atoms with van der Waals surface area (Å²) in [6, 6.07) is 7.96. The molecule has 0 radical (unpaired) electrons. The van der Waals surface area contributed by atoms with Crippen molar-refractivity contribution in [3.8, 4) is 0 Å². The lowest BCUT2D eigenvalue weighted by molar-refractivity contribution is 1.20. The molecular weight excluding hydrogens is 298 g/mol. The van der Waals surface area contributed by atoms with Crippen LogP contribution >= 0.6 is 27.3 Å². The van der Waals surface area contributed by atoms with Gasteiger partial charge in [0, 0.05) is 9.35 Å². The lowest BCUT2D eigenvalue weighted by atomic mass is 10.2. The van der Waals surface area contributed by atoms with Crippen molar-refractivity contribution >= 4 is 38.6 Å². The third kappa shape index (κ3) is 3.38. The molecule has 88 valence electrons. The maximum Gasteiger partial charge on any atom is 0.203 e. The lowest BCUT2D eigenvalue weighted by Gasteiger charge is -1.95. The van der Waals surface area contributed by atoms with E-state index in [1.54, 1.807) is 17.6 Å². The number of rotatable bonds is 3. The first kappa shape index (κ1) is 12.3. The number of hydrogen-bond donors (Lipinski definition) is 1. The first-order chi connectivity index (χ1) is 8.15. The molecule has 0 unspecified atom stereocenters. The zero-order valence-corrected chi connectivity index (χ0v) is 12.0. The molecule has 1 aromatic heterocycles. The van der Waals surface area contributed by atoms with Crippen LogP contribution in [0.25, 0.3) is 0 Å². The van der Waals surface area contributed by atoms with Gasteiger partial charge in [0.15, 0.2) is 0 Å². The molecule has 0 amide bonds. The van der Waals surface area contributed by atoms with E-state index in [9.17, 15) is 0 Å². The minimum Gasteiger partial charge on any atom is -0.253 e. The fourth-order valence-corrected chi connectivity index (χ4v) is 2.45. The van der Waals surface area contributed by atoms with Crippen molar-refractivity contribution in [2.75, 3.05) is 5.43 Å². The molecule has 0 saturated carbocycles. The summed E-state index contributed by atoms with van der Waals surface area (Å²) < 4.78 is 1.04. The fraction of sp³-hybridized carbons (Fsp3) is 0.167. The van der Waals surface area contributed by atoms with Crippen molar-refractivity contribution in [3.05, 3.63) is 44.9 Å². The zero-order valence-electron chi connectivity index (χ0n) is 9.57. The highest BCUT2D eigenvalue weighted by atomic mass is 79.9. The molecule has 1 N–H and O–H groups in total. The number of halogens is 1. The van der Waals surface area contributed by atoms with E-state index in [1.165, 1.54) is 4.88 Å². The number of aryl methyl sites for hydroxylation is 2. The molecule has 5 heteroatoms. The van der Waals surface area contributed by atoms with Gasteiger partial charge in [0.25, 0.3) is 0 Å². The predicted octanol–water partition coefficient (Wildman–Crippen LogP) is 3.97. The maximum atomic E-state index is 4.34. The van der Waals surface area contributed by atoms with E-state index in [0.717, 1.165) is 20.9 Å². The summed E-state index contributed by atoms with van der Waals surface area (Å²) >= 11 is 5.03. The van der Waals surface area contributed by atoms with Gasteiger partial charge in [-0.2, -0.15) is 5.10 Å². The van der Waals surface area contributed by atoms with E-state index in [0.29, 0.717) is 0 Å². The molecule has 2 rings (SSSR count). The van der Waals surface area contributed by atoms with Crippen molar-refractivity contribution in [1.82, 2.24) is 4.98 Å². The highest BCUT2D eigenvalue weighted by Crippen LogP contribution is 2.20. The standard InChI is InChI=1S/C12H12BrN3S/c1-8-9(2)17-12(15-8)16-14-7-10-4-3-5-11(13)6-10/h3-7H,1-2H3,(H,15,16)/b14-7-. The Morgan fingerprint density at radius 2 is 2.24 bits per heavy atom. The van der Waals surface area contributed by atoms with Crippen LogP contribution in [0.3, 0.4) is 0 Å². The Labute approximate surface area is 113 Å². The first-order valence-corrected chi connectivity index (χ1v) is 6.75. The third-order valence-corrected chi connectivity index (χ3v) is 3.72. The summed E-state index contributed by atoms with van der Waals surface area (Å²) in [6.07, 6.45) is 1.77. The average Bonchev–Trinajstić information content (AvgIpc) is 2.58. The topological polar surface area (TPSA) is 37.3 Å². The van der Waals surface area contributed by atoms with Gasteiger partial charge < -0.3 is 0 Å². The van der Waals surface area contributed by atoms with Crippen LogP contribution in [0.15, 0.2) is 33.8 Å². The maximum absolute atomic E-state index is 4.34. The summed E-state index contributed by atoms with van der Waals surface area (Å²) in [5.74, 6) is 0. The molecule has 0 fully saturated rings. The van der Waals surface area contributed by atoms with Crippen LogP contribution in [0.5, 0.6) is 0 Å². The van der Waals surface area contributed by atoms with Crippen LogP contribution < -0.4 is 5.43 Å².